The van der Waals surface area contributed by atoms with Crippen molar-refractivity contribution in [2.24, 2.45) is 5.10 Å². The minimum Gasteiger partial charge on any atom is -0.427 e. The van der Waals surface area contributed by atoms with Gasteiger partial charge in [-0.15, -0.1) is 11.3 Å². The van der Waals surface area contributed by atoms with Gasteiger partial charge in [0.15, 0.2) is 0 Å². The van der Waals surface area contributed by atoms with Gasteiger partial charge in [-0.05, 0) is 51.7 Å². The van der Waals surface area contributed by atoms with Gasteiger partial charge in [-0.25, -0.2) is 8.42 Å². The minimum absolute atomic E-state index is 0.0365. The smallest absolute Gasteiger partial charge is 0.427 e. The van der Waals surface area contributed by atoms with E-state index in [4.69, 9.17) is 0 Å². The lowest BCUT2D eigenvalue weighted by atomic mass is 9.75. The SMILES string of the molecule is CC(=O)Nc1ccc(S(=O)(=O)N2N=Cc3sc(Br)cc3B2O)cc1. The number of amides is 1. The molecule has 0 atom stereocenters. The second kappa shape index (κ2) is 6.32. The number of carbonyl (C=O) groups excluding carboxylic acids is 1. The fourth-order valence-electron chi connectivity index (χ4n) is 2.20. The minimum atomic E-state index is -4.03. The summed E-state index contributed by atoms with van der Waals surface area (Å²) < 4.78 is 26.9. The van der Waals surface area contributed by atoms with Gasteiger partial charge in [-0.2, -0.15) is 9.43 Å². The summed E-state index contributed by atoms with van der Waals surface area (Å²) >= 11 is 4.66. The number of anilines is 1. The standard InChI is InChI=1S/C13H11BBrN3O4S2/c1-8(19)17-9-2-4-10(5-3-9)24(21,22)18-14(20)11-6-13(15)23-12(11)7-16-18/h2-7,20H,1H3,(H,17,19). The second-order valence-electron chi connectivity index (χ2n) is 4.97. The number of hydrogen-bond acceptors (Lipinski definition) is 6. The van der Waals surface area contributed by atoms with Crippen molar-refractivity contribution < 1.29 is 18.2 Å². The van der Waals surface area contributed by atoms with E-state index in [-0.39, 0.29) is 10.8 Å². The monoisotopic (exact) mass is 427 g/mol. The Morgan fingerprint density at radius 3 is 2.67 bits per heavy atom. The number of rotatable bonds is 3. The highest BCUT2D eigenvalue weighted by atomic mass is 79.9. The van der Waals surface area contributed by atoms with E-state index >= 15 is 0 Å². The third-order valence-electron chi connectivity index (χ3n) is 3.26. The normalized spacial score (nSPS) is 13.8. The number of nitrogens with zero attached hydrogens (tertiary/aromatic N) is 2. The van der Waals surface area contributed by atoms with Crippen molar-refractivity contribution in [1.82, 2.24) is 4.33 Å². The van der Waals surface area contributed by atoms with E-state index in [9.17, 15) is 18.2 Å². The summed E-state index contributed by atoms with van der Waals surface area (Å²) in [5.74, 6) is -0.253. The molecule has 1 aromatic carbocycles. The number of halogens is 1. The molecule has 124 valence electrons. The Hall–Kier alpha value is -1.69. The Labute approximate surface area is 151 Å². The van der Waals surface area contributed by atoms with Gasteiger partial charge in [0.2, 0.25) is 5.91 Å². The zero-order chi connectivity index (χ0) is 17.5. The van der Waals surface area contributed by atoms with Gasteiger partial charge in [0, 0.05) is 17.5 Å². The number of sulfonamides is 1. The first-order valence-electron chi connectivity index (χ1n) is 6.72. The molecule has 0 saturated heterocycles. The summed E-state index contributed by atoms with van der Waals surface area (Å²) in [6, 6.07) is 7.31. The topological polar surface area (TPSA) is 99.1 Å². The molecule has 2 N–H and O–H groups in total. The molecular weight excluding hydrogens is 417 g/mol. The molecule has 11 heteroatoms. The van der Waals surface area contributed by atoms with Crippen LogP contribution in [0, 0.1) is 0 Å². The highest BCUT2D eigenvalue weighted by Gasteiger charge is 2.39. The van der Waals surface area contributed by atoms with Gasteiger partial charge >= 0.3 is 7.05 Å². The van der Waals surface area contributed by atoms with Crippen molar-refractivity contribution in [3.8, 4) is 0 Å². The summed E-state index contributed by atoms with van der Waals surface area (Å²) in [4.78, 5) is 11.7. The lowest BCUT2D eigenvalue weighted by molar-refractivity contribution is -0.114. The maximum Gasteiger partial charge on any atom is 0.485 e. The predicted molar refractivity (Wildman–Crippen MR) is 97.0 cm³/mol. The first kappa shape index (κ1) is 17.1. The van der Waals surface area contributed by atoms with Gasteiger partial charge in [0.25, 0.3) is 10.0 Å². The van der Waals surface area contributed by atoms with Gasteiger partial charge in [0.05, 0.1) is 14.9 Å². The van der Waals surface area contributed by atoms with Crippen LogP contribution in [0.1, 0.15) is 11.8 Å². The van der Waals surface area contributed by atoms with Crippen LogP contribution < -0.4 is 10.8 Å². The van der Waals surface area contributed by atoms with Gasteiger partial charge in [0.1, 0.15) is 0 Å². The van der Waals surface area contributed by atoms with Crippen molar-refractivity contribution in [2.75, 3.05) is 5.32 Å². The van der Waals surface area contributed by atoms with Crippen LogP contribution in [0.2, 0.25) is 0 Å². The number of hydrazone groups is 1. The van der Waals surface area contributed by atoms with E-state index in [1.165, 1.54) is 48.7 Å². The molecule has 2 aromatic rings. The Balaban J connectivity index is 1.92. The van der Waals surface area contributed by atoms with Crippen LogP contribution in [0.3, 0.4) is 0 Å². The quantitative estimate of drug-likeness (QED) is 0.718. The summed E-state index contributed by atoms with van der Waals surface area (Å²) in [6.45, 7) is 1.36. The third-order valence-corrected chi connectivity index (χ3v) is 6.50. The molecule has 1 aliphatic rings. The van der Waals surface area contributed by atoms with E-state index < -0.39 is 17.1 Å². The molecule has 0 unspecified atom stereocenters. The van der Waals surface area contributed by atoms with E-state index in [1.807, 2.05) is 0 Å². The Kier molecular flexibility index (Phi) is 4.51. The highest BCUT2D eigenvalue weighted by molar-refractivity contribution is 9.11. The van der Waals surface area contributed by atoms with Crippen molar-refractivity contribution >= 4 is 67.6 Å². The first-order valence-corrected chi connectivity index (χ1v) is 9.77. The lowest BCUT2D eigenvalue weighted by Crippen LogP contribution is -2.51. The van der Waals surface area contributed by atoms with E-state index in [2.05, 4.69) is 26.3 Å². The van der Waals surface area contributed by atoms with E-state index in [0.29, 0.717) is 20.4 Å². The van der Waals surface area contributed by atoms with Crippen LogP contribution in [0.15, 0.2) is 44.1 Å². The maximum absolute atomic E-state index is 12.7. The molecule has 3 rings (SSSR count). The molecule has 0 radical (unpaired) electrons. The van der Waals surface area contributed by atoms with Crippen molar-refractivity contribution in [3.63, 3.8) is 0 Å². The van der Waals surface area contributed by atoms with Gasteiger partial charge < -0.3 is 10.3 Å². The molecule has 24 heavy (non-hydrogen) atoms. The number of fused-ring (bicyclic) bond motifs is 1. The molecule has 0 saturated carbocycles. The fourth-order valence-corrected chi connectivity index (χ4v) is 4.99. The van der Waals surface area contributed by atoms with E-state index in [1.54, 1.807) is 6.07 Å². The van der Waals surface area contributed by atoms with Crippen LogP contribution in [0.4, 0.5) is 5.69 Å². The van der Waals surface area contributed by atoms with Crippen LogP contribution in [-0.4, -0.2) is 36.9 Å². The predicted octanol–water partition coefficient (Wildman–Crippen LogP) is 1.19. The highest BCUT2D eigenvalue weighted by Crippen LogP contribution is 2.25. The van der Waals surface area contributed by atoms with Crippen LogP contribution in [0.5, 0.6) is 0 Å². The molecule has 0 bridgehead atoms. The average molecular weight is 428 g/mol. The number of thiophene rings is 1. The van der Waals surface area contributed by atoms with Crippen molar-refractivity contribution in [2.45, 2.75) is 11.8 Å². The van der Waals surface area contributed by atoms with Crippen molar-refractivity contribution in [1.29, 1.82) is 0 Å². The zero-order valence-corrected chi connectivity index (χ0v) is 15.5. The second-order valence-corrected chi connectivity index (χ2v) is 9.23. The summed E-state index contributed by atoms with van der Waals surface area (Å²) in [7, 11) is -5.42. The van der Waals surface area contributed by atoms with Gasteiger partial charge in [-0.3, -0.25) is 4.79 Å². The Bertz CT molecular complexity index is 927. The maximum atomic E-state index is 12.7. The number of carbonyl (C=O) groups is 1. The van der Waals surface area contributed by atoms with E-state index in [0.717, 1.165) is 3.79 Å². The summed E-state index contributed by atoms with van der Waals surface area (Å²) in [6.07, 6.45) is 1.40. The lowest BCUT2D eigenvalue weighted by Gasteiger charge is -2.24. The zero-order valence-electron chi connectivity index (χ0n) is 12.3. The number of hydrogen-bond donors (Lipinski definition) is 2. The molecule has 1 aliphatic heterocycles. The molecular formula is C13H11BBrN3O4S2. The summed E-state index contributed by atoms with van der Waals surface area (Å²) in [5.41, 5.74) is 0.952. The Morgan fingerprint density at radius 2 is 2.04 bits per heavy atom. The van der Waals surface area contributed by atoms with Crippen LogP contribution in [0.25, 0.3) is 0 Å². The van der Waals surface area contributed by atoms with Crippen LogP contribution >= 0.6 is 27.3 Å². The van der Waals surface area contributed by atoms with Crippen LogP contribution in [-0.2, 0) is 14.8 Å². The molecule has 2 heterocycles. The fraction of sp³-hybridized carbons (Fsp3) is 0.0769. The van der Waals surface area contributed by atoms with Gasteiger partial charge in [-0.1, -0.05) is 0 Å². The molecule has 0 fully saturated rings. The molecule has 1 amide bonds. The molecule has 0 aliphatic carbocycles. The molecule has 0 spiro atoms. The van der Waals surface area contributed by atoms with Crippen molar-refractivity contribution in [3.05, 3.63) is 39.0 Å². The first-order chi connectivity index (χ1) is 11.3. The third kappa shape index (κ3) is 3.12. The molecule has 7 nitrogen and oxygen atoms in total. The number of nitrogens with one attached hydrogen (secondary N) is 1. The Morgan fingerprint density at radius 1 is 1.38 bits per heavy atom. The summed E-state index contributed by atoms with van der Waals surface area (Å²) in [5, 5.41) is 16.8. The average Bonchev–Trinajstić information content (AvgIpc) is 2.89. The number of benzene rings is 1. The largest absolute Gasteiger partial charge is 0.485 e. The molecule has 1 aromatic heterocycles.